The maximum absolute atomic E-state index is 6.17. The molecule has 0 radical (unpaired) electrons. The van der Waals surface area contributed by atoms with Gasteiger partial charge in [-0.2, -0.15) is 0 Å². The van der Waals surface area contributed by atoms with E-state index in [1.807, 2.05) is 0 Å². The lowest BCUT2D eigenvalue weighted by Crippen LogP contribution is -2.13. The van der Waals surface area contributed by atoms with Crippen LogP contribution in [0.15, 0.2) is 17.5 Å². The average Bonchev–Trinajstić information content (AvgIpc) is 2.81. The van der Waals surface area contributed by atoms with Crippen LogP contribution in [0.5, 0.6) is 0 Å². The third-order valence-corrected chi connectivity index (χ3v) is 4.52. The van der Waals surface area contributed by atoms with Gasteiger partial charge in [0.05, 0.1) is 0 Å². The highest BCUT2D eigenvalue weighted by molar-refractivity contribution is 7.10. The van der Waals surface area contributed by atoms with Crippen LogP contribution in [0, 0.1) is 5.92 Å². The SMILES string of the molecule is NC(CCC1CCCCC1)c1cccs1. The van der Waals surface area contributed by atoms with Crippen molar-refractivity contribution in [1.29, 1.82) is 0 Å². The molecule has 1 fully saturated rings. The zero-order chi connectivity index (χ0) is 10.5. The van der Waals surface area contributed by atoms with Gasteiger partial charge in [0.2, 0.25) is 0 Å². The largest absolute Gasteiger partial charge is 0.323 e. The van der Waals surface area contributed by atoms with Gasteiger partial charge in [-0.25, -0.2) is 0 Å². The van der Waals surface area contributed by atoms with Crippen LogP contribution in [0.1, 0.15) is 55.9 Å². The Morgan fingerprint density at radius 1 is 1.33 bits per heavy atom. The van der Waals surface area contributed by atoms with E-state index in [2.05, 4.69) is 17.5 Å². The molecule has 1 nitrogen and oxygen atoms in total. The van der Waals surface area contributed by atoms with Crippen LogP contribution in [0.4, 0.5) is 0 Å². The zero-order valence-electron chi connectivity index (χ0n) is 9.32. The Hall–Kier alpha value is -0.340. The van der Waals surface area contributed by atoms with Gasteiger partial charge in [0.25, 0.3) is 0 Å². The second-order valence-corrected chi connectivity index (χ2v) is 5.68. The Bertz CT molecular complexity index is 262. The summed E-state index contributed by atoms with van der Waals surface area (Å²) in [5, 5.41) is 2.12. The molecule has 2 rings (SSSR count). The molecule has 84 valence electrons. The molecule has 0 spiro atoms. The highest BCUT2D eigenvalue weighted by Crippen LogP contribution is 2.30. The molecule has 1 aliphatic rings. The fourth-order valence-electron chi connectivity index (χ4n) is 2.54. The second kappa shape index (κ2) is 5.66. The van der Waals surface area contributed by atoms with Crippen LogP contribution < -0.4 is 5.73 Å². The maximum Gasteiger partial charge on any atom is 0.0389 e. The van der Waals surface area contributed by atoms with Crippen molar-refractivity contribution in [1.82, 2.24) is 0 Å². The third kappa shape index (κ3) is 3.32. The number of hydrogen-bond donors (Lipinski definition) is 1. The molecule has 0 aliphatic heterocycles. The van der Waals surface area contributed by atoms with E-state index < -0.39 is 0 Å². The molecule has 0 bridgehead atoms. The van der Waals surface area contributed by atoms with Crippen LogP contribution >= 0.6 is 11.3 Å². The Morgan fingerprint density at radius 2 is 2.13 bits per heavy atom. The second-order valence-electron chi connectivity index (χ2n) is 4.70. The Kier molecular flexibility index (Phi) is 4.21. The number of hydrogen-bond acceptors (Lipinski definition) is 2. The van der Waals surface area contributed by atoms with Crippen LogP contribution in [0.3, 0.4) is 0 Å². The lowest BCUT2D eigenvalue weighted by molar-refractivity contribution is 0.324. The third-order valence-electron chi connectivity index (χ3n) is 3.52. The van der Waals surface area contributed by atoms with Crippen LogP contribution in [0.25, 0.3) is 0 Å². The Morgan fingerprint density at radius 3 is 2.80 bits per heavy atom. The van der Waals surface area contributed by atoms with E-state index in [4.69, 9.17) is 5.73 Å². The number of rotatable bonds is 4. The lowest BCUT2D eigenvalue weighted by atomic mass is 9.85. The van der Waals surface area contributed by atoms with Gasteiger partial charge in [-0.15, -0.1) is 11.3 Å². The summed E-state index contributed by atoms with van der Waals surface area (Å²) in [5.74, 6) is 0.963. The molecule has 0 aromatic carbocycles. The molecule has 1 aliphatic carbocycles. The normalized spacial score (nSPS) is 20.3. The van der Waals surface area contributed by atoms with Gasteiger partial charge in [0, 0.05) is 10.9 Å². The van der Waals surface area contributed by atoms with Crippen molar-refractivity contribution in [3.05, 3.63) is 22.4 Å². The minimum atomic E-state index is 0.284. The fraction of sp³-hybridized carbons (Fsp3) is 0.692. The smallest absolute Gasteiger partial charge is 0.0389 e. The van der Waals surface area contributed by atoms with Crippen molar-refractivity contribution >= 4 is 11.3 Å². The van der Waals surface area contributed by atoms with Gasteiger partial charge < -0.3 is 5.73 Å². The first-order valence-electron chi connectivity index (χ1n) is 6.15. The molecule has 1 heterocycles. The van der Waals surface area contributed by atoms with Crippen LogP contribution in [-0.4, -0.2) is 0 Å². The van der Waals surface area contributed by atoms with E-state index in [-0.39, 0.29) is 6.04 Å². The van der Waals surface area contributed by atoms with Gasteiger partial charge in [-0.1, -0.05) is 38.2 Å². The molecule has 1 aromatic heterocycles. The summed E-state index contributed by atoms with van der Waals surface area (Å²) < 4.78 is 0. The first kappa shape index (κ1) is 11.2. The van der Waals surface area contributed by atoms with Gasteiger partial charge in [0.15, 0.2) is 0 Å². The van der Waals surface area contributed by atoms with E-state index >= 15 is 0 Å². The van der Waals surface area contributed by atoms with Crippen LogP contribution in [-0.2, 0) is 0 Å². The summed E-state index contributed by atoms with van der Waals surface area (Å²) in [6.45, 7) is 0. The predicted octanol–water partition coefficient (Wildman–Crippen LogP) is 4.11. The van der Waals surface area contributed by atoms with Crippen molar-refractivity contribution in [3.8, 4) is 0 Å². The van der Waals surface area contributed by atoms with E-state index in [9.17, 15) is 0 Å². The first-order valence-corrected chi connectivity index (χ1v) is 7.03. The Balaban J connectivity index is 1.73. The molecule has 2 N–H and O–H groups in total. The molecular weight excluding hydrogens is 202 g/mol. The van der Waals surface area contributed by atoms with Crippen molar-refractivity contribution in [2.45, 2.75) is 51.0 Å². The average molecular weight is 223 g/mol. The van der Waals surface area contributed by atoms with E-state index in [0.717, 1.165) is 5.92 Å². The van der Waals surface area contributed by atoms with Gasteiger partial charge >= 0.3 is 0 Å². The zero-order valence-corrected chi connectivity index (χ0v) is 10.1. The lowest BCUT2D eigenvalue weighted by Gasteiger charge is -2.22. The highest BCUT2D eigenvalue weighted by Gasteiger charge is 2.15. The molecule has 1 unspecified atom stereocenters. The van der Waals surface area contributed by atoms with Gasteiger partial charge in [-0.3, -0.25) is 0 Å². The predicted molar refractivity (Wildman–Crippen MR) is 67.1 cm³/mol. The molecule has 0 saturated heterocycles. The minimum Gasteiger partial charge on any atom is -0.323 e. The van der Waals surface area contributed by atoms with Crippen LogP contribution in [0.2, 0.25) is 0 Å². The van der Waals surface area contributed by atoms with Gasteiger partial charge in [-0.05, 0) is 30.2 Å². The molecule has 1 aromatic rings. The molecular formula is C13H21NS. The quantitative estimate of drug-likeness (QED) is 0.816. The summed E-state index contributed by atoms with van der Waals surface area (Å²) in [4.78, 5) is 1.35. The summed E-state index contributed by atoms with van der Waals surface area (Å²) in [7, 11) is 0. The molecule has 1 atom stereocenters. The number of thiophene rings is 1. The van der Waals surface area contributed by atoms with Crippen molar-refractivity contribution in [2.75, 3.05) is 0 Å². The summed E-state index contributed by atoms with van der Waals surface area (Å²) in [5.41, 5.74) is 6.17. The monoisotopic (exact) mass is 223 g/mol. The van der Waals surface area contributed by atoms with E-state index in [1.54, 1.807) is 11.3 Å². The molecule has 2 heteroatoms. The minimum absolute atomic E-state index is 0.284. The van der Waals surface area contributed by atoms with Crippen molar-refractivity contribution < 1.29 is 0 Å². The fourth-order valence-corrected chi connectivity index (χ4v) is 3.30. The van der Waals surface area contributed by atoms with Crippen molar-refractivity contribution in [2.24, 2.45) is 11.7 Å². The molecule has 1 saturated carbocycles. The molecule has 15 heavy (non-hydrogen) atoms. The standard InChI is InChI=1S/C13H21NS/c14-12(13-7-4-10-15-13)9-8-11-5-2-1-3-6-11/h4,7,10-12H,1-3,5-6,8-9,14H2. The molecule has 0 amide bonds. The summed E-state index contributed by atoms with van der Waals surface area (Å²) >= 11 is 1.79. The van der Waals surface area contributed by atoms with Crippen molar-refractivity contribution in [3.63, 3.8) is 0 Å². The first-order chi connectivity index (χ1) is 7.36. The van der Waals surface area contributed by atoms with Gasteiger partial charge in [0.1, 0.15) is 0 Å². The van der Waals surface area contributed by atoms with E-state index in [1.165, 1.54) is 49.8 Å². The van der Waals surface area contributed by atoms with E-state index in [0.29, 0.717) is 0 Å². The summed E-state index contributed by atoms with van der Waals surface area (Å²) in [6.07, 6.45) is 9.73. The maximum atomic E-state index is 6.17. The highest BCUT2D eigenvalue weighted by atomic mass is 32.1. The Labute approximate surface area is 96.7 Å². The summed E-state index contributed by atoms with van der Waals surface area (Å²) in [6, 6.07) is 4.54. The number of nitrogens with two attached hydrogens (primary N) is 1. The topological polar surface area (TPSA) is 26.0 Å².